The van der Waals surface area contributed by atoms with Crippen molar-refractivity contribution in [2.75, 3.05) is 13.2 Å². The van der Waals surface area contributed by atoms with E-state index >= 15 is 0 Å². The van der Waals surface area contributed by atoms with Crippen LogP contribution in [0.15, 0.2) is 10.8 Å². The number of hydrogen-bond donors (Lipinski definition) is 0. The lowest BCUT2D eigenvalue weighted by atomic mass is 10.2. The molecule has 0 saturated heterocycles. The zero-order valence-corrected chi connectivity index (χ0v) is 12.7. The SMILES string of the molecule is CCCCCC/C=C(/Cl)P(=O)(OCC)OCC. The summed E-state index contributed by atoms with van der Waals surface area (Å²) in [5, 5.41) is 0. The maximum atomic E-state index is 12.2. The smallest absolute Gasteiger partial charge is 0.305 e. The Kier molecular flexibility index (Phi) is 10.2. The van der Waals surface area contributed by atoms with Gasteiger partial charge in [-0.25, -0.2) is 0 Å². The summed E-state index contributed by atoms with van der Waals surface area (Å²) in [4.78, 5) is 0. The first-order valence-corrected chi connectivity index (χ1v) is 8.28. The largest absolute Gasteiger partial charge is 0.372 e. The van der Waals surface area contributed by atoms with Gasteiger partial charge in [0.2, 0.25) is 0 Å². The third-order valence-corrected chi connectivity index (χ3v) is 4.91. The van der Waals surface area contributed by atoms with Crippen molar-refractivity contribution in [3.05, 3.63) is 10.8 Å². The van der Waals surface area contributed by atoms with Crippen LogP contribution in [-0.2, 0) is 13.6 Å². The Hall–Kier alpha value is 0.180. The number of unbranched alkanes of at least 4 members (excludes halogenated alkanes) is 4. The Labute approximate surface area is 110 Å². The first kappa shape index (κ1) is 17.2. The molecule has 17 heavy (non-hydrogen) atoms. The van der Waals surface area contributed by atoms with Gasteiger partial charge in [-0.2, -0.15) is 0 Å². The van der Waals surface area contributed by atoms with E-state index in [0.29, 0.717) is 13.2 Å². The van der Waals surface area contributed by atoms with Crippen LogP contribution in [0.25, 0.3) is 0 Å². The van der Waals surface area contributed by atoms with Crippen molar-refractivity contribution >= 4 is 19.2 Å². The third kappa shape index (κ3) is 7.25. The molecule has 0 aliphatic rings. The van der Waals surface area contributed by atoms with Crippen LogP contribution in [0.1, 0.15) is 52.9 Å². The summed E-state index contributed by atoms with van der Waals surface area (Å²) in [5.74, 6) is 0. The van der Waals surface area contributed by atoms with Gasteiger partial charge in [-0.3, -0.25) is 4.57 Å². The summed E-state index contributed by atoms with van der Waals surface area (Å²) in [6, 6.07) is 0. The Balaban J connectivity index is 4.25. The maximum absolute atomic E-state index is 12.2. The molecule has 0 rings (SSSR count). The number of rotatable bonds is 10. The van der Waals surface area contributed by atoms with Crippen molar-refractivity contribution in [3.63, 3.8) is 0 Å². The molecule has 0 bridgehead atoms. The van der Waals surface area contributed by atoms with E-state index in [0.717, 1.165) is 12.8 Å². The van der Waals surface area contributed by atoms with Gasteiger partial charge in [0.05, 0.1) is 13.2 Å². The van der Waals surface area contributed by atoms with Gasteiger partial charge in [-0.05, 0) is 26.7 Å². The topological polar surface area (TPSA) is 35.5 Å². The molecule has 0 aliphatic heterocycles. The van der Waals surface area contributed by atoms with Crippen molar-refractivity contribution < 1.29 is 13.6 Å². The van der Waals surface area contributed by atoms with Crippen LogP contribution in [0.5, 0.6) is 0 Å². The summed E-state index contributed by atoms with van der Waals surface area (Å²) in [5.41, 5.74) is 0. The van der Waals surface area contributed by atoms with Crippen molar-refractivity contribution in [1.82, 2.24) is 0 Å². The first-order valence-electron chi connectivity index (χ1n) is 6.36. The molecule has 0 aromatic heterocycles. The van der Waals surface area contributed by atoms with Gasteiger partial charge in [-0.15, -0.1) is 0 Å². The number of halogens is 1. The normalized spacial score (nSPS) is 13.1. The minimum absolute atomic E-state index is 0.220. The highest BCUT2D eigenvalue weighted by Crippen LogP contribution is 2.57. The van der Waals surface area contributed by atoms with Gasteiger partial charge in [-0.1, -0.05) is 43.9 Å². The highest BCUT2D eigenvalue weighted by Gasteiger charge is 2.27. The van der Waals surface area contributed by atoms with E-state index in [1.165, 1.54) is 19.3 Å². The molecular weight excluding hydrogens is 259 g/mol. The summed E-state index contributed by atoms with van der Waals surface area (Å²) in [6.45, 7) is 6.38. The fraction of sp³-hybridized carbons (Fsp3) is 0.833. The molecule has 0 saturated carbocycles. The average Bonchev–Trinajstić information content (AvgIpc) is 2.29. The van der Waals surface area contributed by atoms with Gasteiger partial charge in [0, 0.05) is 0 Å². The van der Waals surface area contributed by atoms with Crippen LogP contribution in [0.2, 0.25) is 0 Å². The molecular formula is C12H24ClO3P. The summed E-state index contributed by atoms with van der Waals surface area (Å²) >= 11 is 6.01. The molecule has 3 nitrogen and oxygen atoms in total. The van der Waals surface area contributed by atoms with E-state index in [4.69, 9.17) is 20.6 Å². The minimum Gasteiger partial charge on any atom is -0.305 e. The van der Waals surface area contributed by atoms with E-state index in [1.807, 2.05) is 0 Å². The van der Waals surface area contributed by atoms with Crippen molar-refractivity contribution in [3.8, 4) is 0 Å². The first-order chi connectivity index (χ1) is 8.10. The highest BCUT2D eigenvalue weighted by atomic mass is 35.5. The minimum atomic E-state index is -3.24. The molecule has 0 aromatic carbocycles. The van der Waals surface area contributed by atoms with Crippen LogP contribution in [-0.4, -0.2) is 13.2 Å². The molecule has 0 unspecified atom stereocenters. The predicted molar refractivity (Wildman–Crippen MR) is 73.6 cm³/mol. The van der Waals surface area contributed by atoms with E-state index in [9.17, 15) is 4.57 Å². The molecule has 0 N–H and O–H groups in total. The third-order valence-electron chi connectivity index (χ3n) is 2.23. The standard InChI is InChI=1S/C12H24ClO3P/c1-4-7-8-9-10-11-12(13)17(14,15-5-2)16-6-3/h11H,4-10H2,1-3H3/b12-11-. The quantitative estimate of drug-likeness (QED) is 0.403. The van der Waals surface area contributed by atoms with Gasteiger partial charge in [0.25, 0.3) is 0 Å². The fourth-order valence-electron chi connectivity index (χ4n) is 1.40. The molecule has 0 spiro atoms. The van der Waals surface area contributed by atoms with Crippen molar-refractivity contribution in [2.24, 2.45) is 0 Å². The van der Waals surface area contributed by atoms with E-state index in [1.54, 1.807) is 19.9 Å². The predicted octanol–water partition coefficient (Wildman–Crippen LogP) is 5.30. The van der Waals surface area contributed by atoms with Gasteiger partial charge >= 0.3 is 7.60 Å². The average molecular weight is 283 g/mol. The van der Waals surface area contributed by atoms with Gasteiger partial charge in [0.15, 0.2) is 0 Å². The van der Waals surface area contributed by atoms with E-state index < -0.39 is 7.60 Å². The molecule has 0 radical (unpaired) electrons. The van der Waals surface area contributed by atoms with Crippen LogP contribution in [0, 0.1) is 0 Å². The molecule has 5 heteroatoms. The second kappa shape index (κ2) is 10.1. The molecule has 0 amide bonds. The van der Waals surface area contributed by atoms with Gasteiger partial charge < -0.3 is 9.05 Å². The number of allylic oxidation sites excluding steroid dienone is 1. The lowest BCUT2D eigenvalue weighted by molar-refractivity contribution is 0.228. The van der Waals surface area contributed by atoms with Gasteiger partial charge in [0.1, 0.15) is 4.77 Å². The zero-order chi connectivity index (χ0) is 13.1. The molecule has 0 aliphatic carbocycles. The van der Waals surface area contributed by atoms with Crippen LogP contribution in [0.3, 0.4) is 0 Å². The second-order valence-electron chi connectivity index (χ2n) is 3.71. The summed E-state index contributed by atoms with van der Waals surface area (Å²) < 4.78 is 22.7. The molecule has 102 valence electrons. The van der Waals surface area contributed by atoms with Crippen molar-refractivity contribution in [2.45, 2.75) is 52.9 Å². The second-order valence-corrected chi connectivity index (χ2v) is 6.37. The van der Waals surface area contributed by atoms with Crippen LogP contribution < -0.4 is 0 Å². The monoisotopic (exact) mass is 282 g/mol. The highest BCUT2D eigenvalue weighted by molar-refractivity contribution is 7.61. The number of hydrogen-bond acceptors (Lipinski definition) is 3. The molecule has 0 aromatic rings. The van der Waals surface area contributed by atoms with E-state index in [-0.39, 0.29) is 4.77 Å². The fourth-order valence-corrected chi connectivity index (χ4v) is 3.16. The Morgan fingerprint density at radius 3 is 2.18 bits per heavy atom. The zero-order valence-electron chi connectivity index (χ0n) is 11.1. The maximum Gasteiger partial charge on any atom is 0.372 e. The summed E-state index contributed by atoms with van der Waals surface area (Å²) in [6.07, 6.45) is 7.24. The molecule has 0 atom stereocenters. The Morgan fingerprint density at radius 1 is 1.12 bits per heavy atom. The molecule has 0 fully saturated rings. The molecule has 0 heterocycles. The van der Waals surface area contributed by atoms with Crippen LogP contribution in [0.4, 0.5) is 0 Å². The van der Waals surface area contributed by atoms with Crippen molar-refractivity contribution in [1.29, 1.82) is 0 Å². The lowest BCUT2D eigenvalue weighted by Crippen LogP contribution is -1.95. The summed E-state index contributed by atoms with van der Waals surface area (Å²) in [7, 11) is -3.24. The Bertz CT molecular complexity index is 256. The van der Waals surface area contributed by atoms with E-state index in [2.05, 4.69) is 6.92 Å². The van der Waals surface area contributed by atoms with Crippen LogP contribution >= 0.6 is 19.2 Å². The Morgan fingerprint density at radius 2 is 1.71 bits per heavy atom. The lowest BCUT2D eigenvalue weighted by Gasteiger charge is -2.15.